The van der Waals surface area contributed by atoms with Crippen molar-refractivity contribution >= 4 is 11.7 Å². The molecule has 1 unspecified atom stereocenters. The average molecular weight is 239 g/mol. The Morgan fingerprint density at radius 2 is 2.12 bits per heavy atom. The Kier molecular flexibility index (Phi) is 4.78. The summed E-state index contributed by atoms with van der Waals surface area (Å²) < 4.78 is 15.1. The minimum absolute atomic E-state index is 0.248. The van der Waals surface area contributed by atoms with E-state index in [1.54, 1.807) is 32.2 Å². The highest BCUT2D eigenvalue weighted by molar-refractivity contribution is 5.98. The van der Waals surface area contributed by atoms with E-state index in [0.29, 0.717) is 18.0 Å². The number of esters is 1. The highest BCUT2D eigenvalue weighted by atomic mass is 16.6. The summed E-state index contributed by atoms with van der Waals surface area (Å²) in [5, 5.41) is 0. The minimum atomic E-state index is -0.510. The normalized spacial score (nSPS) is 11.9. The Bertz CT molecular complexity index is 392. The van der Waals surface area contributed by atoms with E-state index in [-0.39, 0.29) is 11.7 Å². The van der Waals surface area contributed by atoms with Crippen LogP contribution in [0.15, 0.2) is 18.2 Å². The van der Waals surface area contributed by atoms with Crippen molar-refractivity contribution in [2.75, 3.05) is 26.6 Å². The van der Waals surface area contributed by atoms with Crippen LogP contribution in [0.1, 0.15) is 17.3 Å². The van der Waals surface area contributed by atoms with Crippen LogP contribution in [-0.4, -0.2) is 32.9 Å². The van der Waals surface area contributed by atoms with Crippen LogP contribution in [-0.2, 0) is 9.47 Å². The fourth-order valence-electron chi connectivity index (χ4n) is 1.45. The molecule has 0 aliphatic rings. The maximum Gasteiger partial charge on any atom is 0.344 e. The van der Waals surface area contributed by atoms with Gasteiger partial charge in [-0.2, -0.15) is 0 Å². The van der Waals surface area contributed by atoms with Crippen LogP contribution in [0.4, 0.5) is 5.69 Å². The molecule has 0 aliphatic carbocycles. The molecule has 0 spiro atoms. The van der Waals surface area contributed by atoms with Crippen molar-refractivity contribution in [2.45, 2.75) is 13.0 Å². The van der Waals surface area contributed by atoms with Gasteiger partial charge < -0.3 is 19.9 Å². The van der Waals surface area contributed by atoms with Crippen molar-refractivity contribution in [2.24, 2.45) is 0 Å². The summed E-state index contributed by atoms with van der Waals surface area (Å²) in [6.07, 6.45) is -0.336. The van der Waals surface area contributed by atoms with Gasteiger partial charge in [-0.25, -0.2) is 4.79 Å². The quantitative estimate of drug-likeness (QED) is 0.622. The number of ether oxygens (including phenoxy) is 3. The van der Waals surface area contributed by atoms with Gasteiger partial charge in [0.1, 0.15) is 17.4 Å². The molecule has 2 N–H and O–H groups in total. The van der Waals surface area contributed by atoms with Crippen LogP contribution in [0.3, 0.4) is 0 Å². The maximum atomic E-state index is 11.9. The van der Waals surface area contributed by atoms with Crippen molar-refractivity contribution in [3.05, 3.63) is 23.8 Å². The van der Waals surface area contributed by atoms with E-state index in [2.05, 4.69) is 0 Å². The Labute approximate surface area is 100 Å². The second-order valence-electron chi connectivity index (χ2n) is 3.60. The third kappa shape index (κ3) is 3.35. The summed E-state index contributed by atoms with van der Waals surface area (Å²) in [5.41, 5.74) is 6.32. The van der Waals surface area contributed by atoms with Gasteiger partial charge in [-0.15, -0.1) is 0 Å². The summed E-state index contributed by atoms with van der Waals surface area (Å²) in [4.78, 5) is 11.9. The lowest BCUT2D eigenvalue weighted by atomic mass is 10.1. The number of anilines is 1. The zero-order valence-corrected chi connectivity index (χ0v) is 10.2. The van der Waals surface area contributed by atoms with Gasteiger partial charge in [0.25, 0.3) is 0 Å². The van der Waals surface area contributed by atoms with Crippen molar-refractivity contribution in [1.29, 1.82) is 0 Å². The molecule has 5 nitrogen and oxygen atoms in total. The first-order valence-corrected chi connectivity index (χ1v) is 5.22. The van der Waals surface area contributed by atoms with E-state index in [4.69, 9.17) is 19.9 Å². The van der Waals surface area contributed by atoms with Gasteiger partial charge in [0.15, 0.2) is 0 Å². The number of carbonyl (C=O) groups is 1. The van der Waals surface area contributed by atoms with Gasteiger partial charge in [0.05, 0.1) is 13.7 Å². The molecule has 0 amide bonds. The third-order valence-corrected chi connectivity index (χ3v) is 2.19. The minimum Gasteiger partial charge on any atom is -0.496 e. The standard InChI is InChI=1S/C12H17NO4/c1-8(7-15-2)17-12(14)11-9(13)5-4-6-10(11)16-3/h4-6,8H,7,13H2,1-3H3. The summed E-state index contributed by atoms with van der Waals surface area (Å²) in [5.74, 6) is -0.107. The number of nitrogen functional groups attached to an aromatic ring is 1. The Morgan fingerprint density at radius 3 is 2.71 bits per heavy atom. The second-order valence-corrected chi connectivity index (χ2v) is 3.60. The van der Waals surface area contributed by atoms with Crippen LogP contribution >= 0.6 is 0 Å². The van der Waals surface area contributed by atoms with E-state index < -0.39 is 5.97 Å². The highest BCUT2D eigenvalue weighted by Crippen LogP contribution is 2.25. The zero-order chi connectivity index (χ0) is 12.8. The molecule has 0 aliphatic heterocycles. The molecule has 94 valence electrons. The molecule has 5 heteroatoms. The fraction of sp³-hybridized carbons (Fsp3) is 0.417. The molecular formula is C12H17NO4. The number of nitrogens with two attached hydrogens (primary N) is 1. The van der Waals surface area contributed by atoms with E-state index in [1.807, 2.05) is 0 Å². The first-order valence-electron chi connectivity index (χ1n) is 5.22. The van der Waals surface area contributed by atoms with Gasteiger partial charge in [-0.1, -0.05) is 6.07 Å². The molecule has 1 aromatic carbocycles. The molecule has 0 saturated carbocycles. The van der Waals surface area contributed by atoms with Gasteiger partial charge >= 0.3 is 5.97 Å². The lowest BCUT2D eigenvalue weighted by Crippen LogP contribution is -2.20. The molecule has 1 rings (SSSR count). The van der Waals surface area contributed by atoms with Crippen molar-refractivity contribution in [1.82, 2.24) is 0 Å². The van der Waals surface area contributed by atoms with Crippen LogP contribution in [0.2, 0.25) is 0 Å². The number of hydrogen-bond acceptors (Lipinski definition) is 5. The van der Waals surface area contributed by atoms with E-state index in [9.17, 15) is 4.79 Å². The molecule has 1 aromatic rings. The molecule has 0 saturated heterocycles. The van der Waals surface area contributed by atoms with Crippen LogP contribution in [0, 0.1) is 0 Å². The average Bonchev–Trinajstić information content (AvgIpc) is 2.28. The molecule has 0 fully saturated rings. The van der Waals surface area contributed by atoms with Crippen LogP contribution in [0.5, 0.6) is 5.75 Å². The summed E-state index contributed by atoms with van der Waals surface area (Å²) in [7, 11) is 3.02. The maximum absolute atomic E-state index is 11.9. The predicted molar refractivity (Wildman–Crippen MR) is 64.2 cm³/mol. The fourth-order valence-corrected chi connectivity index (χ4v) is 1.45. The first kappa shape index (κ1) is 13.3. The number of methoxy groups -OCH3 is 2. The lowest BCUT2D eigenvalue weighted by Gasteiger charge is -2.14. The number of benzene rings is 1. The summed E-state index contributed by atoms with van der Waals surface area (Å²) in [6, 6.07) is 5.00. The van der Waals surface area contributed by atoms with Crippen molar-refractivity contribution in [3.8, 4) is 5.75 Å². The monoisotopic (exact) mass is 239 g/mol. The number of carbonyl (C=O) groups excluding carboxylic acids is 1. The predicted octanol–water partition coefficient (Wildman–Crippen LogP) is 1.47. The number of rotatable bonds is 5. The van der Waals surface area contributed by atoms with Gasteiger partial charge in [-0.3, -0.25) is 0 Å². The lowest BCUT2D eigenvalue weighted by molar-refractivity contribution is 0.0118. The number of hydrogen-bond donors (Lipinski definition) is 1. The molecule has 0 aromatic heterocycles. The van der Waals surface area contributed by atoms with Crippen LogP contribution in [0.25, 0.3) is 0 Å². The smallest absolute Gasteiger partial charge is 0.344 e. The molecule has 17 heavy (non-hydrogen) atoms. The molecule has 0 heterocycles. The second kappa shape index (κ2) is 6.10. The SMILES string of the molecule is COCC(C)OC(=O)c1c(N)cccc1OC. The van der Waals surface area contributed by atoms with Gasteiger partial charge in [-0.05, 0) is 19.1 Å². The molecule has 0 bridgehead atoms. The Balaban J connectivity index is 2.88. The molecular weight excluding hydrogens is 222 g/mol. The Morgan fingerprint density at radius 1 is 1.41 bits per heavy atom. The van der Waals surface area contributed by atoms with E-state index in [1.165, 1.54) is 7.11 Å². The topological polar surface area (TPSA) is 70.8 Å². The summed E-state index contributed by atoms with van der Waals surface area (Å²) >= 11 is 0. The third-order valence-electron chi connectivity index (χ3n) is 2.19. The molecule has 1 atom stereocenters. The van der Waals surface area contributed by atoms with E-state index in [0.717, 1.165) is 0 Å². The highest BCUT2D eigenvalue weighted by Gasteiger charge is 2.19. The zero-order valence-electron chi connectivity index (χ0n) is 10.2. The van der Waals surface area contributed by atoms with Gasteiger partial charge in [0.2, 0.25) is 0 Å². The van der Waals surface area contributed by atoms with Gasteiger partial charge in [0, 0.05) is 12.8 Å². The first-order chi connectivity index (χ1) is 8.10. The summed E-state index contributed by atoms with van der Waals surface area (Å²) in [6.45, 7) is 2.08. The van der Waals surface area contributed by atoms with Crippen LogP contribution < -0.4 is 10.5 Å². The van der Waals surface area contributed by atoms with Crippen molar-refractivity contribution in [3.63, 3.8) is 0 Å². The van der Waals surface area contributed by atoms with E-state index >= 15 is 0 Å². The van der Waals surface area contributed by atoms with Crippen molar-refractivity contribution < 1.29 is 19.0 Å². The molecule has 0 radical (unpaired) electrons. The Hall–Kier alpha value is -1.75. The largest absolute Gasteiger partial charge is 0.496 e.